The number of aliphatic carboxylic acids is 1. The Bertz CT molecular complexity index is 381. The van der Waals surface area contributed by atoms with Crippen molar-refractivity contribution in [2.75, 3.05) is 13.6 Å². The van der Waals surface area contributed by atoms with Crippen molar-refractivity contribution in [3.05, 3.63) is 30.1 Å². The molecule has 1 unspecified atom stereocenters. The highest BCUT2D eigenvalue weighted by Gasteiger charge is 2.23. The third-order valence-corrected chi connectivity index (χ3v) is 2.20. The van der Waals surface area contributed by atoms with Gasteiger partial charge in [0, 0.05) is 24.9 Å². The van der Waals surface area contributed by atoms with Gasteiger partial charge in [-0.3, -0.25) is 15.1 Å². The van der Waals surface area contributed by atoms with Gasteiger partial charge in [0.15, 0.2) is 6.04 Å². The van der Waals surface area contributed by atoms with Crippen LogP contribution >= 0.6 is 0 Å². The minimum absolute atomic E-state index is 0.362. The zero-order valence-electron chi connectivity index (χ0n) is 9.51. The zero-order chi connectivity index (χ0) is 12.7. The lowest BCUT2D eigenvalue weighted by Gasteiger charge is -2.11. The van der Waals surface area contributed by atoms with Crippen LogP contribution in [0, 0.1) is 0 Å². The molecule has 0 spiro atoms. The molecule has 1 aromatic heterocycles. The summed E-state index contributed by atoms with van der Waals surface area (Å²) in [6.45, 7) is 0.362. The first-order valence-corrected chi connectivity index (χ1v) is 5.23. The van der Waals surface area contributed by atoms with E-state index in [9.17, 15) is 9.59 Å². The van der Waals surface area contributed by atoms with Crippen LogP contribution < -0.4 is 10.6 Å². The number of amides is 1. The molecule has 92 valence electrons. The molecule has 0 radical (unpaired) electrons. The Balaban J connectivity index is 2.36. The smallest absolute Gasteiger partial charge is 0.330 e. The van der Waals surface area contributed by atoms with Crippen LogP contribution in [-0.4, -0.2) is 41.6 Å². The number of hydrogen-bond donors (Lipinski definition) is 3. The van der Waals surface area contributed by atoms with Gasteiger partial charge in [0.05, 0.1) is 0 Å². The molecule has 0 saturated carbocycles. The fraction of sp³-hybridized carbons (Fsp3) is 0.364. The summed E-state index contributed by atoms with van der Waals surface area (Å²) in [7, 11) is 1.43. The van der Waals surface area contributed by atoms with E-state index in [-0.39, 0.29) is 0 Å². The van der Waals surface area contributed by atoms with E-state index in [1.165, 1.54) is 7.05 Å². The van der Waals surface area contributed by atoms with Crippen molar-refractivity contribution >= 4 is 11.9 Å². The number of likely N-dealkylation sites (N-methyl/N-ethyl adjacent to an activating group) is 1. The molecule has 0 saturated heterocycles. The number of carbonyl (C=O) groups is 2. The van der Waals surface area contributed by atoms with Crippen molar-refractivity contribution in [3.8, 4) is 0 Å². The average molecular weight is 237 g/mol. The van der Waals surface area contributed by atoms with Gasteiger partial charge in [-0.25, -0.2) is 4.79 Å². The molecular weight excluding hydrogens is 222 g/mol. The Labute approximate surface area is 99.1 Å². The number of pyridine rings is 1. The van der Waals surface area contributed by atoms with E-state index < -0.39 is 17.9 Å². The SMILES string of the molecule is CNC(C(=O)O)C(=O)NCCc1ccccn1. The third-order valence-electron chi connectivity index (χ3n) is 2.20. The first-order chi connectivity index (χ1) is 8.15. The molecule has 17 heavy (non-hydrogen) atoms. The largest absolute Gasteiger partial charge is 0.480 e. The fourth-order valence-corrected chi connectivity index (χ4v) is 1.33. The second kappa shape index (κ2) is 6.59. The molecule has 1 rings (SSSR count). The van der Waals surface area contributed by atoms with E-state index in [0.717, 1.165) is 5.69 Å². The number of carboxylic acids is 1. The summed E-state index contributed by atoms with van der Waals surface area (Å²) in [5.74, 6) is -1.74. The second-order valence-electron chi connectivity index (χ2n) is 3.42. The number of hydrogen-bond acceptors (Lipinski definition) is 4. The molecule has 0 aliphatic carbocycles. The van der Waals surface area contributed by atoms with Gasteiger partial charge in [-0.2, -0.15) is 0 Å². The van der Waals surface area contributed by atoms with Crippen LogP contribution in [0.3, 0.4) is 0 Å². The molecule has 1 aromatic rings. The molecule has 6 heteroatoms. The van der Waals surface area contributed by atoms with Crippen LogP contribution in [0.1, 0.15) is 5.69 Å². The lowest BCUT2D eigenvalue weighted by atomic mass is 10.2. The van der Waals surface area contributed by atoms with Crippen molar-refractivity contribution in [2.24, 2.45) is 0 Å². The van der Waals surface area contributed by atoms with Gasteiger partial charge in [0.25, 0.3) is 0 Å². The Morgan fingerprint density at radius 2 is 2.24 bits per heavy atom. The van der Waals surface area contributed by atoms with Crippen molar-refractivity contribution in [3.63, 3.8) is 0 Å². The highest BCUT2D eigenvalue weighted by atomic mass is 16.4. The van der Waals surface area contributed by atoms with Gasteiger partial charge in [-0.15, -0.1) is 0 Å². The highest BCUT2D eigenvalue weighted by Crippen LogP contribution is 1.93. The molecule has 1 amide bonds. The number of nitrogens with one attached hydrogen (secondary N) is 2. The number of nitrogens with zero attached hydrogens (tertiary/aromatic N) is 1. The van der Waals surface area contributed by atoms with Crippen LogP contribution in [0.15, 0.2) is 24.4 Å². The van der Waals surface area contributed by atoms with Gasteiger partial charge in [-0.05, 0) is 19.2 Å². The summed E-state index contributed by atoms with van der Waals surface area (Å²) in [5, 5.41) is 13.7. The van der Waals surface area contributed by atoms with Gasteiger partial charge in [0.1, 0.15) is 0 Å². The molecule has 1 heterocycles. The summed E-state index contributed by atoms with van der Waals surface area (Å²) < 4.78 is 0. The van der Waals surface area contributed by atoms with Crippen molar-refractivity contribution in [1.82, 2.24) is 15.6 Å². The topological polar surface area (TPSA) is 91.3 Å². The Kier molecular flexibility index (Phi) is 5.09. The van der Waals surface area contributed by atoms with Crippen molar-refractivity contribution < 1.29 is 14.7 Å². The molecule has 0 bridgehead atoms. The standard InChI is InChI=1S/C11H15N3O3/c1-12-9(11(16)17)10(15)14-7-5-8-4-2-3-6-13-8/h2-4,6,9,12H,5,7H2,1H3,(H,14,15)(H,16,17). The molecule has 0 fully saturated rings. The Morgan fingerprint density at radius 1 is 1.47 bits per heavy atom. The van der Waals surface area contributed by atoms with E-state index in [4.69, 9.17) is 5.11 Å². The molecule has 0 aliphatic heterocycles. The molecule has 0 aliphatic rings. The molecule has 0 aromatic carbocycles. The predicted molar refractivity (Wildman–Crippen MR) is 61.4 cm³/mol. The quantitative estimate of drug-likeness (QED) is 0.575. The minimum Gasteiger partial charge on any atom is -0.480 e. The van der Waals surface area contributed by atoms with Crippen LogP contribution in [0.25, 0.3) is 0 Å². The van der Waals surface area contributed by atoms with Gasteiger partial charge in [-0.1, -0.05) is 6.07 Å². The number of rotatable bonds is 6. The summed E-state index contributed by atoms with van der Waals surface area (Å²) in [4.78, 5) is 26.2. The number of aromatic nitrogens is 1. The summed E-state index contributed by atoms with van der Waals surface area (Å²) in [6, 6.07) is 4.30. The minimum atomic E-state index is -1.21. The summed E-state index contributed by atoms with van der Waals surface area (Å²) >= 11 is 0. The van der Waals surface area contributed by atoms with Crippen LogP contribution in [0.5, 0.6) is 0 Å². The summed E-state index contributed by atoms with van der Waals surface area (Å²) in [5.41, 5.74) is 0.851. The first kappa shape index (κ1) is 13.1. The van der Waals surface area contributed by atoms with E-state index in [1.54, 1.807) is 6.20 Å². The van der Waals surface area contributed by atoms with Gasteiger partial charge < -0.3 is 10.4 Å². The predicted octanol–water partition coefficient (Wildman–Crippen LogP) is -0.587. The zero-order valence-corrected chi connectivity index (χ0v) is 9.51. The fourth-order valence-electron chi connectivity index (χ4n) is 1.33. The van der Waals surface area contributed by atoms with Gasteiger partial charge >= 0.3 is 5.97 Å². The lowest BCUT2D eigenvalue weighted by molar-refractivity contribution is -0.143. The van der Waals surface area contributed by atoms with Gasteiger partial charge in [0.2, 0.25) is 5.91 Å². The van der Waals surface area contributed by atoms with E-state index in [2.05, 4.69) is 15.6 Å². The van der Waals surface area contributed by atoms with E-state index in [0.29, 0.717) is 13.0 Å². The maximum Gasteiger partial charge on any atom is 0.330 e. The first-order valence-electron chi connectivity index (χ1n) is 5.23. The average Bonchev–Trinajstić information content (AvgIpc) is 2.30. The number of carboxylic acid groups (broad SMARTS) is 1. The highest BCUT2D eigenvalue weighted by molar-refractivity contribution is 6.01. The monoisotopic (exact) mass is 237 g/mol. The number of carbonyl (C=O) groups excluding carboxylic acids is 1. The maximum atomic E-state index is 11.4. The Hall–Kier alpha value is -1.95. The molecule has 6 nitrogen and oxygen atoms in total. The van der Waals surface area contributed by atoms with E-state index in [1.807, 2.05) is 18.2 Å². The van der Waals surface area contributed by atoms with Crippen LogP contribution in [0.2, 0.25) is 0 Å². The third kappa shape index (κ3) is 4.20. The second-order valence-corrected chi connectivity index (χ2v) is 3.42. The van der Waals surface area contributed by atoms with Crippen LogP contribution in [0.4, 0.5) is 0 Å². The molecular formula is C11H15N3O3. The van der Waals surface area contributed by atoms with Crippen LogP contribution in [-0.2, 0) is 16.0 Å². The van der Waals surface area contributed by atoms with E-state index >= 15 is 0 Å². The van der Waals surface area contributed by atoms with Crippen molar-refractivity contribution in [2.45, 2.75) is 12.5 Å². The normalized spacial score (nSPS) is 11.8. The molecule has 3 N–H and O–H groups in total. The van der Waals surface area contributed by atoms with Crippen molar-refractivity contribution in [1.29, 1.82) is 0 Å². The summed E-state index contributed by atoms with van der Waals surface area (Å²) in [6.07, 6.45) is 2.24. The maximum absolute atomic E-state index is 11.4. The lowest BCUT2D eigenvalue weighted by Crippen LogP contribution is -2.48. The Morgan fingerprint density at radius 3 is 2.76 bits per heavy atom. The molecule has 1 atom stereocenters.